The summed E-state index contributed by atoms with van der Waals surface area (Å²) in [5.74, 6) is -1.62. The molecule has 0 bridgehead atoms. The molecule has 8 nitrogen and oxygen atoms in total. The molecule has 0 amide bonds. The lowest BCUT2D eigenvalue weighted by Gasteiger charge is -2.18. The first-order valence-electron chi connectivity index (χ1n) is 7.71. The van der Waals surface area contributed by atoms with Crippen molar-refractivity contribution in [2.24, 2.45) is 11.7 Å². The number of esters is 1. The fourth-order valence-corrected chi connectivity index (χ4v) is 2.23. The van der Waals surface area contributed by atoms with Gasteiger partial charge in [0.15, 0.2) is 0 Å². The van der Waals surface area contributed by atoms with Gasteiger partial charge >= 0.3 is 11.7 Å². The molecule has 0 saturated carbocycles. The molecule has 1 aromatic heterocycles. The molecule has 2 rings (SSSR count). The second kappa shape index (κ2) is 9.15. The van der Waals surface area contributed by atoms with E-state index in [2.05, 4.69) is 12.8 Å². The number of carbonyl (C=O) groups is 1. The molecule has 1 aromatic rings. The number of hydrogen-bond donors (Lipinski definition) is 2. The maximum Gasteiger partial charge on any atom is 0.330 e. The van der Waals surface area contributed by atoms with E-state index in [0.717, 1.165) is 10.8 Å². The van der Waals surface area contributed by atoms with E-state index in [1.807, 2.05) is 18.8 Å². The van der Waals surface area contributed by atoms with E-state index in [1.54, 1.807) is 0 Å². The number of carbonyl (C=O) groups excluding carboxylic acids is 1. The third-order valence-corrected chi connectivity index (χ3v) is 3.72. The van der Waals surface area contributed by atoms with Gasteiger partial charge in [0.2, 0.25) is 5.82 Å². The van der Waals surface area contributed by atoms with Crippen molar-refractivity contribution in [2.75, 3.05) is 6.61 Å². The molecule has 138 valence electrons. The molecular formula is C16H22FN3O5. The van der Waals surface area contributed by atoms with Gasteiger partial charge in [-0.05, 0) is 18.8 Å². The minimum Gasteiger partial charge on any atom is -0.462 e. The first kappa shape index (κ1) is 20.6. The Morgan fingerprint density at radius 1 is 1.48 bits per heavy atom. The monoisotopic (exact) mass is 355 g/mol. The summed E-state index contributed by atoms with van der Waals surface area (Å²) in [7, 11) is 0. The van der Waals surface area contributed by atoms with Crippen LogP contribution < -0.4 is 17.0 Å². The summed E-state index contributed by atoms with van der Waals surface area (Å²) in [5.41, 5.74) is 3.86. The summed E-state index contributed by atoms with van der Waals surface area (Å²) in [6.07, 6.45) is 8.65. The molecule has 0 aromatic carbocycles. The van der Waals surface area contributed by atoms with Crippen LogP contribution in [-0.4, -0.2) is 34.3 Å². The van der Waals surface area contributed by atoms with Gasteiger partial charge in [0.25, 0.3) is 5.56 Å². The average molecular weight is 355 g/mol. The van der Waals surface area contributed by atoms with Gasteiger partial charge < -0.3 is 15.2 Å². The Hall–Kier alpha value is -2.44. The molecule has 0 aliphatic carbocycles. The molecule has 3 atom stereocenters. The van der Waals surface area contributed by atoms with Crippen molar-refractivity contribution >= 4 is 5.97 Å². The smallest absolute Gasteiger partial charge is 0.330 e. The number of H-pyrrole nitrogens is 1. The molecule has 1 fully saturated rings. The Labute approximate surface area is 144 Å². The Morgan fingerprint density at radius 2 is 2.12 bits per heavy atom. The van der Waals surface area contributed by atoms with Crippen LogP contribution in [0.2, 0.25) is 0 Å². The number of aromatic nitrogens is 2. The first-order chi connectivity index (χ1) is 11.8. The highest BCUT2D eigenvalue weighted by molar-refractivity contribution is 5.75. The largest absolute Gasteiger partial charge is 0.462 e. The standard InChI is InChI=1S/C14H20FN3O5.C2H2/c1-7(2)11(16)13(20)22-6-8-3-4-10(23-8)18-5-9(15)12(19)17-14(18)21;1-2/h5,7-8,10-11H,3-4,6,16H2,1-2H3,(H,17,19,21);1-2H. The van der Waals surface area contributed by atoms with Crippen LogP contribution in [0.15, 0.2) is 15.8 Å². The number of nitrogens with zero attached hydrogens (tertiary/aromatic N) is 1. The average Bonchev–Trinajstić information content (AvgIpc) is 3.05. The van der Waals surface area contributed by atoms with E-state index >= 15 is 0 Å². The van der Waals surface area contributed by atoms with Gasteiger partial charge in [0, 0.05) is 0 Å². The minimum atomic E-state index is -1.07. The first-order valence-corrected chi connectivity index (χ1v) is 7.71. The normalized spacial score (nSPS) is 20.6. The van der Waals surface area contributed by atoms with Crippen LogP contribution in [0.25, 0.3) is 0 Å². The molecule has 9 heteroatoms. The van der Waals surface area contributed by atoms with Crippen molar-refractivity contribution in [1.82, 2.24) is 9.55 Å². The summed E-state index contributed by atoms with van der Waals surface area (Å²) < 4.78 is 24.9. The van der Waals surface area contributed by atoms with E-state index < -0.39 is 41.4 Å². The molecule has 3 unspecified atom stereocenters. The molecule has 0 radical (unpaired) electrons. The summed E-state index contributed by atoms with van der Waals surface area (Å²) in [4.78, 5) is 36.2. The van der Waals surface area contributed by atoms with Crippen LogP contribution in [0.5, 0.6) is 0 Å². The minimum absolute atomic E-state index is 0.0103. The number of halogens is 1. The van der Waals surface area contributed by atoms with Gasteiger partial charge in [-0.15, -0.1) is 12.8 Å². The second-order valence-electron chi connectivity index (χ2n) is 5.83. The van der Waals surface area contributed by atoms with Gasteiger partial charge in [0.05, 0.1) is 12.3 Å². The molecule has 25 heavy (non-hydrogen) atoms. The van der Waals surface area contributed by atoms with Crippen molar-refractivity contribution in [3.8, 4) is 12.8 Å². The van der Waals surface area contributed by atoms with Crippen LogP contribution in [0.3, 0.4) is 0 Å². The fourth-order valence-electron chi connectivity index (χ4n) is 2.23. The summed E-state index contributed by atoms with van der Waals surface area (Å²) in [5, 5.41) is 0. The Kier molecular flexibility index (Phi) is 7.54. The SMILES string of the molecule is C#C.CC(C)C(N)C(=O)OCC1CCC(n2cc(F)c(=O)[nH]c2=O)O1. The van der Waals surface area contributed by atoms with E-state index in [1.165, 1.54) is 0 Å². The zero-order chi connectivity index (χ0) is 19.1. The van der Waals surface area contributed by atoms with E-state index in [4.69, 9.17) is 15.2 Å². The maximum atomic E-state index is 13.3. The summed E-state index contributed by atoms with van der Waals surface area (Å²) in [6.45, 7) is 3.63. The van der Waals surface area contributed by atoms with Crippen molar-refractivity contribution < 1.29 is 18.7 Å². The van der Waals surface area contributed by atoms with Gasteiger partial charge in [-0.1, -0.05) is 13.8 Å². The highest BCUT2D eigenvalue weighted by atomic mass is 19.1. The van der Waals surface area contributed by atoms with Gasteiger partial charge in [0.1, 0.15) is 18.9 Å². The topological polar surface area (TPSA) is 116 Å². The Balaban J connectivity index is 0.00000151. The highest BCUT2D eigenvalue weighted by Gasteiger charge is 2.29. The molecule has 1 saturated heterocycles. The van der Waals surface area contributed by atoms with E-state index in [0.29, 0.717) is 12.8 Å². The van der Waals surface area contributed by atoms with Crippen LogP contribution in [0, 0.1) is 24.6 Å². The number of terminal acetylenes is 1. The number of rotatable bonds is 5. The third-order valence-electron chi connectivity index (χ3n) is 3.72. The maximum absolute atomic E-state index is 13.3. The number of hydrogen-bond acceptors (Lipinski definition) is 6. The molecule has 2 heterocycles. The number of nitrogens with one attached hydrogen (secondary N) is 1. The van der Waals surface area contributed by atoms with Crippen LogP contribution >= 0.6 is 0 Å². The lowest BCUT2D eigenvalue weighted by Crippen LogP contribution is -2.38. The zero-order valence-corrected chi connectivity index (χ0v) is 14.1. The zero-order valence-electron chi connectivity index (χ0n) is 14.1. The predicted molar refractivity (Wildman–Crippen MR) is 88.1 cm³/mol. The van der Waals surface area contributed by atoms with Crippen molar-refractivity contribution in [3.63, 3.8) is 0 Å². The van der Waals surface area contributed by atoms with E-state index in [-0.39, 0.29) is 12.5 Å². The number of ether oxygens (including phenoxy) is 2. The lowest BCUT2D eigenvalue weighted by atomic mass is 10.1. The van der Waals surface area contributed by atoms with Gasteiger partial charge in [-0.25, -0.2) is 4.79 Å². The third kappa shape index (κ3) is 5.27. The van der Waals surface area contributed by atoms with E-state index in [9.17, 15) is 18.8 Å². The van der Waals surface area contributed by atoms with Crippen LogP contribution in [-0.2, 0) is 14.3 Å². The van der Waals surface area contributed by atoms with Crippen molar-refractivity contribution in [1.29, 1.82) is 0 Å². The Morgan fingerprint density at radius 3 is 2.72 bits per heavy atom. The quantitative estimate of drug-likeness (QED) is 0.573. The van der Waals surface area contributed by atoms with Crippen molar-refractivity contribution in [3.05, 3.63) is 32.9 Å². The predicted octanol–water partition coefficient (Wildman–Crippen LogP) is 0.129. The molecule has 1 aliphatic rings. The summed E-state index contributed by atoms with van der Waals surface area (Å²) in [6, 6.07) is -0.705. The fraction of sp³-hybridized carbons (Fsp3) is 0.562. The van der Waals surface area contributed by atoms with Crippen LogP contribution in [0.1, 0.15) is 32.9 Å². The lowest BCUT2D eigenvalue weighted by molar-refractivity contribution is -0.151. The Bertz CT molecular complexity index is 724. The molecular weight excluding hydrogens is 333 g/mol. The summed E-state index contributed by atoms with van der Waals surface area (Å²) >= 11 is 0. The highest BCUT2D eigenvalue weighted by Crippen LogP contribution is 2.27. The molecule has 0 spiro atoms. The van der Waals surface area contributed by atoms with Gasteiger partial charge in [-0.3, -0.25) is 19.1 Å². The van der Waals surface area contributed by atoms with Crippen molar-refractivity contribution in [2.45, 2.75) is 45.1 Å². The van der Waals surface area contributed by atoms with Gasteiger partial charge in [-0.2, -0.15) is 4.39 Å². The number of nitrogens with two attached hydrogens (primary N) is 1. The second-order valence-corrected chi connectivity index (χ2v) is 5.83. The molecule has 3 N–H and O–H groups in total. The van der Waals surface area contributed by atoms with Crippen LogP contribution in [0.4, 0.5) is 4.39 Å². The molecule has 1 aliphatic heterocycles. The number of aromatic amines is 1.